The third-order valence-electron chi connectivity index (χ3n) is 3.64. The SMILES string of the molecule is CCC(=O)OC1C(C)CC2CC1(C)OC2=O. The Morgan fingerprint density at radius 2 is 2.31 bits per heavy atom. The minimum Gasteiger partial charge on any atom is -0.458 e. The number of ether oxygens (including phenoxy) is 2. The second-order valence-corrected chi connectivity index (χ2v) is 5.11. The summed E-state index contributed by atoms with van der Waals surface area (Å²) in [6.07, 6.45) is 1.51. The number of rotatable bonds is 2. The van der Waals surface area contributed by atoms with Gasteiger partial charge in [-0.2, -0.15) is 0 Å². The fourth-order valence-corrected chi connectivity index (χ4v) is 2.92. The van der Waals surface area contributed by atoms with Crippen molar-refractivity contribution >= 4 is 11.9 Å². The van der Waals surface area contributed by atoms with Gasteiger partial charge < -0.3 is 9.47 Å². The first-order valence-electron chi connectivity index (χ1n) is 5.88. The van der Waals surface area contributed by atoms with E-state index in [2.05, 4.69) is 0 Å². The number of hydrogen-bond acceptors (Lipinski definition) is 4. The zero-order valence-electron chi connectivity index (χ0n) is 9.99. The molecule has 4 nitrogen and oxygen atoms in total. The van der Waals surface area contributed by atoms with Gasteiger partial charge in [-0.05, 0) is 19.3 Å². The Hall–Kier alpha value is -1.06. The van der Waals surface area contributed by atoms with E-state index in [4.69, 9.17) is 9.47 Å². The van der Waals surface area contributed by atoms with Crippen molar-refractivity contribution in [2.45, 2.75) is 51.7 Å². The molecule has 0 N–H and O–H groups in total. The zero-order valence-corrected chi connectivity index (χ0v) is 9.99. The van der Waals surface area contributed by atoms with E-state index in [0.717, 1.165) is 6.42 Å². The van der Waals surface area contributed by atoms with E-state index in [1.54, 1.807) is 6.92 Å². The van der Waals surface area contributed by atoms with Gasteiger partial charge >= 0.3 is 11.9 Å². The van der Waals surface area contributed by atoms with Crippen LogP contribution in [-0.4, -0.2) is 23.6 Å². The summed E-state index contributed by atoms with van der Waals surface area (Å²) in [5, 5.41) is 0. The maximum absolute atomic E-state index is 11.5. The molecule has 2 rings (SSSR count). The fraction of sp³-hybridized carbons (Fsp3) is 0.833. The summed E-state index contributed by atoms with van der Waals surface area (Å²) in [5.41, 5.74) is -0.607. The molecule has 4 heteroatoms. The van der Waals surface area contributed by atoms with Crippen LogP contribution in [0, 0.1) is 11.8 Å². The standard InChI is InChI=1S/C12H18O4/c1-4-9(13)15-10-7(2)5-8-6-12(10,3)16-11(8)14/h7-8,10H,4-6H2,1-3H3. The highest BCUT2D eigenvalue weighted by atomic mass is 16.6. The molecule has 1 heterocycles. The topological polar surface area (TPSA) is 52.6 Å². The van der Waals surface area contributed by atoms with Crippen LogP contribution in [0.5, 0.6) is 0 Å². The second kappa shape index (κ2) is 3.75. The molecule has 1 saturated heterocycles. The van der Waals surface area contributed by atoms with E-state index in [1.807, 2.05) is 13.8 Å². The Labute approximate surface area is 95.3 Å². The molecule has 0 aromatic carbocycles. The predicted molar refractivity (Wildman–Crippen MR) is 56.6 cm³/mol. The highest BCUT2D eigenvalue weighted by Gasteiger charge is 2.56. The van der Waals surface area contributed by atoms with Crippen molar-refractivity contribution in [2.24, 2.45) is 11.8 Å². The van der Waals surface area contributed by atoms with Crippen LogP contribution in [-0.2, 0) is 19.1 Å². The highest BCUT2D eigenvalue weighted by Crippen LogP contribution is 2.46. The normalized spacial score (nSPS) is 41.7. The first kappa shape index (κ1) is 11.4. The molecule has 0 spiro atoms. The van der Waals surface area contributed by atoms with E-state index < -0.39 is 5.60 Å². The molecule has 0 aromatic rings. The zero-order chi connectivity index (χ0) is 11.9. The van der Waals surface area contributed by atoms with Gasteiger partial charge in [0.2, 0.25) is 0 Å². The van der Waals surface area contributed by atoms with Crippen molar-refractivity contribution in [2.75, 3.05) is 0 Å². The number of carbonyl (C=O) groups excluding carboxylic acids is 2. The van der Waals surface area contributed by atoms with Gasteiger partial charge in [0.15, 0.2) is 0 Å². The number of fused-ring (bicyclic) bond motifs is 2. The van der Waals surface area contributed by atoms with Crippen LogP contribution in [0.15, 0.2) is 0 Å². The predicted octanol–water partition coefficient (Wildman–Crippen LogP) is 1.67. The minimum atomic E-state index is -0.607. The lowest BCUT2D eigenvalue weighted by molar-refractivity contribution is -0.178. The van der Waals surface area contributed by atoms with Crippen molar-refractivity contribution in [1.82, 2.24) is 0 Å². The summed E-state index contributed by atoms with van der Waals surface area (Å²) in [7, 11) is 0. The largest absolute Gasteiger partial charge is 0.458 e. The molecular formula is C12H18O4. The second-order valence-electron chi connectivity index (χ2n) is 5.11. The van der Waals surface area contributed by atoms with Crippen molar-refractivity contribution in [3.05, 3.63) is 0 Å². The Kier molecular flexibility index (Phi) is 2.68. The molecule has 1 aliphatic carbocycles. The molecule has 2 fully saturated rings. The van der Waals surface area contributed by atoms with Gasteiger partial charge in [0.05, 0.1) is 5.92 Å². The van der Waals surface area contributed by atoms with Crippen LogP contribution in [0.1, 0.15) is 40.0 Å². The molecule has 16 heavy (non-hydrogen) atoms. The van der Waals surface area contributed by atoms with Crippen LogP contribution < -0.4 is 0 Å². The van der Waals surface area contributed by atoms with Crippen molar-refractivity contribution < 1.29 is 19.1 Å². The maximum Gasteiger partial charge on any atom is 0.309 e. The highest BCUT2D eigenvalue weighted by molar-refractivity contribution is 5.76. The van der Waals surface area contributed by atoms with Crippen LogP contribution in [0.25, 0.3) is 0 Å². The number of carbonyl (C=O) groups is 2. The molecule has 0 amide bonds. The fourth-order valence-electron chi connectivity index (χ4n) is 2.92. The third kappa shape index (κ3) is 1.70. The Bertz CT molecular complexity index is 325. The van der Waals surface area contributed by atoms with Crippen LogP contribution in [0.4, 0.5) is 0 Å². The summed E-state index contributed by atoms with van der Waals surface area (Å²) in [6.45, 7) is 5.65. The lowest BCUT2D eigenvalue weighted by Crippen LogP contribution is -2.48. The summed E-state index contributed by atoms with van der Waals surface area (Å²) >= 11 is 0. The molecule has 2 aliphatic rings. The van der Waals surface area contributed by atoms with Gasteiger partial charge in [-0.25, -0.2) is 0 Å². The van der Waals surface area contributed by atoms with Crippen LogP contribution in [0.3, 0.4) is 0 Å². The van der Waals surface area contributed by atoms with Gasteiger partial charge in [0.25, 0.3) is 0 Å². The lowest BCUT2D eigenvalue weighted by Gasteiger charge is -2.38. The Morgan fingerprint density at radius 1 is 1.62 bits per heavy atom. The number of hydrogen-bond donors (Lipinski definition) is 0. The lowest BCUT2D eigenvalue weighted by atomic mass is 9.74. The molecule has 4 atom stereocenters. The van der Waals surface area contributed by atoms with E-state index in [-0.39, 0.29) is 29.9 Å². The monoisotopic (exact) mass is 226 g/mol. The molecule has 0 aromatic heterocycles. The minimum absolute atomic E-state index is 0.00317. The molecular weight excluding hydrogens is 208 g/mol. The smallest absolute Gasteiger partial charge is 0.309 e. The van der Waals surface area contributed by atoms with Gasteiger partial charge in [-0.15, -0.1) is 0 Å². The van der Waals surface area contributed by atoms with Gasteiger partial charge in [-0.3, -0.25) is 9.59 Å². The van der Waals surface area contributed by atoms with Crippen molar-refractivity contribution in [3.63, 3.8) is 0 Å². The molecule has 1 saturated carbocycles. The molecule has 2 bridgehead atoms. The Morgan fingerprint density at radius 3 is 2.94 bits per heavy atom. The van der Waals surface area contributed by atoms with E-state index in [1.165, 1.54) is 0 Å². The van der Waals surface area contributed by atoms with Gasteiger partial charge in [0, 0.05) is 12.8 Å². The van der Waals surface area contributed by atoms with Crippen LogP contribution >= 0.6 is 0 Å². The molecule has 90 valence electrons. The molecule has 0 radical (unpaired) electrons. The molecule has 4 unspecified atom stereocenters. The maximum atomic E-state index is 11.5. The van der Waals surface area contributed by atoms with E-state index in [9.17, 15) is 9.59 Å². The van der Waals surface area contributed by atoms with Crippen molar-refractivity contribution in [1.29, 1.82) is 0 Å². The average molecular weight is 226 g/mol. The summed E-state index contributed by atoms with van der Waals surface area (Å²) in [5.74, 6) is -0.175. The third-order valence-corrected chi connectivity index (χ3v) is 3.64. The molecule has 1 aliphatic heterocycles. The van der Waals surface area contributed by atoms with Crippen molar-refractivity contribution in [3.8, 4) is 0 Å². The summed E-state index contributed by atoms with van der Waals surface area (Å²) in [6, 6.07) is 0. The summed E-state index contributed by atoms with van der Waals surface area (Å²) < 4.78 is 10.8. The number of esters is 2. The van der Waals surface area contributed by atoms with Crippen LogP contribution in [0.2, 0.25) is 0 Å². The van der Waals surface area contributed by atoms with E-state index in [0.29, 0.717) is 12.8 Å². The first-order valence-corrected chi connectivity index (χ1v) is 5.88. The summed E-state index contributed by atoms with van der Waals surface area (Å²) in [4.78, 5) is 22.9. The quantitative estimate of drug-likeness (QED) is 0.672. The van der Waals surface area contributed by atoms with E-state index >= 15 is 0 Å². The average Bonchev–Trinajstić information content (AvgIpc) is 2.46. The van der Waals surface area contributed by atoms with Gasteiger partial charge in [0.1, 0.15) is 11.7 Å². The Balaban J connectivity index is 2.17. The first-order chi connectivity index (χ1) is 7.46. The van der Waals surface area contributed by atoms with Gasteiger partial charge in [-0.1, -0.05) is 13.8 Å².